The number of halogens is 2. The number of pyridine rings is 1. The Morgan fingerprint density at radius 1 is 1.37 bits per heavy atom. The summed E-state index contributed by atoms with van der Waals surface area (Å²) in [6, 6.07) is 8.25. The molecule has 0 fully saturated rings. The number of aliphatic hydroxyl groups excluding tert-OH is 1. The van der Waals surface area contributed by atoms with Crippen LogP contribution in [-0.2, 0) is 0 Å². The SMILES string of the molecule is O=C(NCC(F)(F)CO)c1ccc2ncccc2c1. The quantitative estimate of drug-likeness (QED) is 0.883. The van der Waals surface area contributed by atoms with Gasteiger partial charge >= 0.3 is 0 Å². The van der Waals surface area contributed by atoms with E-state index in [4.69, 9.17) is 5.11 Å². The molecule has 1 aromatic carbocycles. The van der Waals surface area contributed by atoms with Gasteiger partial charge in [0.2, 0.25) is 0 Å². The Kier molecular flexibility index (Phi) is 3.71. The average molecular weight is 266 g/mol. The lowest BCUT2D eigenvalue weighted by Gasteiger charge is -2.14. The molecule has 0 saturated carbocycles. The van der Waals surface area contributed by atoms with Crippen molar-refractivity contribution in [2.75, 3.05) is 13.2 Å². The van der Waals surface area contributed by atoms with Gasteiger partial charge in [-0.05, 0) is 24.3 Å². The number of carbonyl (C=O) groups is 1. The van der Waals surface area contributed by atoms with Crippen LogP contribution in [0.25, 0.3) is 10.9 Å². The van der Waals surface area contributed by atoms with Gasteiger partial charge in [-0.2, -0.15) is 0 Å². The number of aliphatic hydroxyl groups is 1. The van der Waals surface area contributed by atoms with Crippen molar-refractivity contribution in [3.8, 4) is 0 Å². The van der Waals surface area contributed by atoms with E-state index in [1.807, 2.05) is 0 Å². The molecule has 2 N–H and O–H groups in total. The molecule has 0 aliphatic heterocycles. The van der Waals surface area contributed by atoms with Crippen LogP contribution in [-0.4, -0.2) is 35.1 Å². The number of nitrogens with one attached hydrogen (secondary N) is 1. The molecule has 2 rings (SSSR count). The monoisotopic (exact) mass is 266 g/mol. The maximum Gasteiger partial charge on any atom is 0.287 e. The first-order chi connectivity index (χ1) is 9.02. The third-order valence-corrected chi connectivity index (χ3v) is 2.60. The molecular formula is C13H12F2N2O2. The van der Waals surface area contributed by atoms with E-state index >= 15 is 0 Å². The van der Waals surface area contributed by atoms with Crippen LogP contribution in [0.3, 0.4) is 0 Å². The molecule has 19 heavy (non-hydrogen) atoms. The van der Waals surface area contributed by atoms with Crippen LogP contribution in [0.4, 0.5) is 8.78 Å². The Labute approximate surface area is 108 Å². The van der Waals surface area contributed by atoms with E-state index in [1.54, 1.807) is 30.5 Å². The molecule has 0 aliphatic carbocycles. The van der Waals surface area contributed by atoms with Crippen molar-refractivity contribution in [3.63, 3.8) is 0 Å². The standard InChI is InChI=1S/C13H12F2N2O2/c14-13(15,8-18)7-17-12(19)10-3-4-11-9(6-10)2-1-5-16-11/h1-6,18H,7-8H2,(H,17,19). The highest BCUT2D eigenvalue weighted by atomic mass is 19.3. The lowest BCUT2D eigenvalue weighted by molar-refractivity contribution is -0.0462. The molecule has 1 amide bonds. The molecule has 100 valence electrons. The molecule has 4 nitrogen and oxygen atoms in total. The summed E-state index contributed by atoms with van der Waals surface area (Å²) in [5.74, 6) is -3.92. The summed E-state index contributed by atoms with van der Waals surface area (Å²) in [6.07, 6.45) is 1.63. The first-order valence-corrected chi connectivity index (χ1v) is 5.63. The van der Waals surface area contributed by atoms with E-state index in [2.05, 4.69) is 10.3 Å². The second-order valence-electron chi connectivity index (χ2n) is 4.11. The van der Waals surface area contributed by atoms with E-state index in [9.17, 15) is 13.6 Å². The first kappa shape index (κ1) is 13.4. The predicted molar refractivity (Wildman–Crippen MR) is 66.1 cm³/mol. The third-order valence-electron chi connectivity index (χ3n) is 2.60. The van der Waals surface area contributed by atoms with Crippen molar-refractivity contribution in [2.24, 2.45) is 0 Å². The van der Waals surface area contributed by atoms with E-state index in [-0.39, 0.29) is 5.56 Å². The number of aromatic nitrogens is 1. The molecule has 0 aliphatic rings. The van der Waals surface area contributed by atoms with Crippen LogP contribution in [0.15, 0.2) is 36.5 Å². The van der Waals surface area contributed by atoms with Gasteiger partial charge in [0.15, 0.2) is 0 Å². The minimum Gasteiger partial charge on any atom is -0.390 e. The molecule has 0 bridgehead atoms. The van der Waals surface area contributed by atoms with E-state index in [0.717, 1.165) is 10.9 Å². The number of nitrogens with zero attached hydrogens (tertiary/aromatic N) is 1. The fraction of sp³-hybridized carbons (Fsp3) is 0.231. The number of fused-ring (bicyclic) bond motifs is 1. The van der Waals surface area contributed by atoms with Gasteiger partial charge in [-0.3, -0.25) is 9.78 Å². The topological polar surface area (TPSA) is 62.2 Å². The lowest BCUT2D eigenvalue weighted by atomic mass is 10.1. The normalized spacial score (nSPS) is 11.5. The number of hydrogen-bond donors (Lipinski definition) is 2. The largest absolute Gasteiger partial charge is 0.390 e. The number of alkyl halides is 2. The van der Waals surface area contributed by atoms with Gasteiger partial charge in [0.25, 0.3) is 11.8 Å². The zero-order valence-electron chi connectivity index (χ0n) is 9.94. The highest BCUT2D eigenvalue weighted by Crippen LogP contribution is 2.14. The number of amides is 1. The summed E-state index contributed by atoms with van der Waals surface area (Å²) in [5, 5.41) is 11.2. The van der Waals surface area contributed by atoms with Crippen molar-refractivity contribution in [3.05, 3.63) is 42.1 Å². The molecule has 0 unspecified atom stereocenters. The van der Waals surface area contributed by atoms with E-state index in [1.165, 1.54) is 6.07 Å². The van der Waals surface area contributed by atoms with Crippen LogP contribution < -0.4 is 5.32 Å². The fourth-order valence-electron chi connectivity index (χ4n) is 1.58. The van der Waals surface area contributed by atoms with Gasteiger partial charge in [0.05, 0.1) is 12.1 Å². The highest BCUT2D eigenvalue weighted by molar-refractivity contribution is 5.97. The van der Waals surface area contributed by atoms with E-state index < -0.39 is 25.0 Å². The van der Waals surface area contributed by atoms with Gasteiger partial charge in [0.1, 0.15) is 6.61 Å². The van der Waals surface area contributed by atoms with Gasteiger partial charge in [-0.1, -0.05) is 6.07 Å². The second-order valence-corrected chi connectivity index (χ2v) is 4.11. The van der Waals surface area contributed by atoms with Gasteiger partial charge in [-0.15, -0.1) is 0 Å². The lowest BCUT2D eigenvalue weighted by Crippen LogP contribution is -2.38. The Bertz CT molecular complexity index is 602. The summed E-state index contributed by atoms with van der Waals surface area (Å²) in [5.41, 5.74) is 0.994. The van der Waals surface area contributed by atoms with E-state index in [0.29, 0.717) is 0 Å². The average Bonchev–Trinajstić information content (AvgIpc) is 2.44. The number of benzene rings is 1. The number of carbonyl (C=O) groups excluding carboxylic acids is 1. The molecule has 0 spiro atoms. The molecule has 0 atom stereocenters. The summed E-state index contributed by atoms with van der Waals surface area (Å²) < 4.78 is 25.6. The molecule has 6 heteroatoms. The van der Waals surface area contributed by atoms with Crippen molar-refractivity contribution in [1.29, 1.82) is 0 Å². The minimum atomic E-state index is -3.31. The summed E-state index contributed by atoms with van der Waals surface area (Å²) in [6.45, 7) is -2.19. The molecular weight excluding hydrogens is 254 g/mol. The molecule has 0 radical (unpaired) electrons. The van der Waals surface area contributed by atoms with Crippen molar-refractivity contribution < 1.29 is 18.7 Å². The van der Waals surface area contributed by atoms with Gasteiger partial charge < -0.3 is 10.4 Å². The molecule has 1 aromatic heterocycles. The van der Waals surface area contributed by atoms with Gasteiger partial charge in [0, 0.05) is 17.1 Å². The number of rotatable bonds is 4. The van der Waals surface area contributed by atoms with Crippen LogP contribution in [0.5, 0.6) is 0 Å². The van der Waals surface area contributed by atoms with Crippen LogP contribution in [0.2, 0.25) is 0 Å². The fourth-order valence-corrected chi connectivity index (χ4v) is 1.58. The zero-order chi connectivity index (χ0) is 13.9. The van der Waals surface area contributed by atoms with Gasteiger partial charge in [-0.25, -0.2) is 8.78 Å². The summed E-state index contributed by atoms with van der Waals surface area (Å²) in [4.78, 5) is 15.8. The van der Waals surface area contributed by atoms with Crippen LogP contribution >= 0.6 is 0 Å². The second kappa shape index (κ2) is 5.27. The first-order valence-electron chi connectivity index (χ1n) is 5.63. The Balaban J connectivity index is 2.13. The Morgan fingerprint density at radius 2 is 2.16 bits per heavy atom. The molecule has 0 saturated heterocycles. The van der Waals surface area contributed by atoms with Crippen LogP contribution in [0, 0.1) is 0 Å². The number of hydrogen-bond acceptors (Lipinski definition) is 3. The Morgan fingerprint density at radius 3 is 2.89 bits per heavy atom. The summed E-state index contributed by atoms with van der Waals surface area (Å²) in [7, 11) is 0. The van der Waals surface area contributed by atoms with Crippen molar-refractivity contribution in [1.82, 2.24) is 10.3 Å². The highest BCUT2D eigenvalue weighted by Gasteiger charge is 2.28. The molecule has 1 heterocycles. The molecule has 2 aromatic rings. The minimum absolute atomic E-state index is 0.272. The summed E-state index contributed by atoms with van der Waals surface area (Å²) >= 11 is 0. The van der Waals surface area contributed by atoms with Crippen molar-refractivity contribution >= 4 is 16.8 Å². The maximum atomic E-state index is 12.8. The predicted octanol–water partition coefficient (Wildman–Crippen LogP) is 1.59. The Hall–Kier alpha value is -2.08. The van der Waals surface area contributed by atoms with Crippen LogP contribution in [0.1, 0.15) is 10.4 Å². The third kappa shape index (κ3) is 3.23. The zero-order valence-corrected chi connectivity index (χ0v) is 9.94. The smallest absolute Gasteiger partial charge is 0.287 e. The van der Waals surface area contributed by atoms with Crippen molar-refractivity contribution in [2.45, 2.75) is 5.92 Å². The maximum absolute atomic E-state index is 12.8.